The molecule has 2 heteroatoms. The molecule has 2 nitrogen and oxygen atoms in total. The molecule has 114 valence electrons. The standard InChI is InChI=1S/C17H35NO/c1-16(2,3)18-13-7-6-8-14-19-15-9-11-17(4,5)12-10-15/h15,18H,6-14H2,1-5H3. The van der Waals surface area contributed by atoms with Crippen LogP contribution < -0.4 is 5.32 Å². The van der Waals surface area contributed by atoms with Gasteiger partial charge in [-0.25, -0.2) is 0 Å². The molecule has 1 fully saturated rings. The Labute approximate surface area is 120 Å². The van der Waals surface area contributed by atoms with E-state index in [9.17, 15) is 0 Å². The maximum Gasteiger partial charge on any atom is 0.0575 e. The number of hydrogen-bond donors (Lipinski definition) is 1. The third-order valence-corrected chi connectivity index (χ3v) is 4.12. The number of ether oxygens (including phenoxy) is 1. The average molecular weight is 269 g/mol. The van der Waals surface area contributed by atoms with Crippen molar-refractivity contribution in [2.75, 3.05) is 13.2 Å². The quantitative estimate of drug-likeness (QED) is 0.686. The molecular formula is C17H35NO. The lowest BCUT2D eigenvalue weighted by molar-refractivity contribution is 0.00276. The molecule has 0 saturated heterocycles. The highest BCUT2D eigenvalue weighted by molar-refractivity contribution is 4.78. The zero-order chi connectivity index (χ0) is 14.4. The summed E-state index contributed by atoms with van der Waals surface area (Å²) in [6, 6.07) is 0. The maximum absolute atomic E-state index is 6.00. The zero-order valence-corrected chi connectivity index (χ0v) is 13.8. The second kappa shape index (κ2) is 7.64. The van der Waals surface area contributed by atoms with Crippen molar-refractivity contribution in [2.45, 2.75) is 91.2 Å². The van der Waals surface area contributed by atoms with Crippen molar-refractivity contribution in [1.82, 2.24) is 5.32 Å². The first-order valence-electron chi connectivity index (χ1n) is 8.15. The summed E-state index contributed by atoms with van der Waals surface area (Å²) in [6.07, 6.45) is 9.48. The molecule has 0 heterocycles. The maximum atomic E-state index is 6.00. The largest absolute Gasteiger partial charge is 0.378 e. The molecule has 1 N–H and O–H groups in total. The van der Waals surface area contributed by atoms with E-state index in [-0.39, 0.29) is 5.54 Å². The van der Waals surface area contributed by atoms with Crippen LogP contribution in [0.5, 0.6) is 0 Å². The Morgan fingerprint density at radius 2 is 1.68 bits per heavy atom. The lowest BCUT2D eigenvalue weighted by Gasteiger charge is -2.34. The van der Waals surface area contributed by atoms with Gasteiger partial charge >= 0.3 is 0 Å². The van der Waals surface area contributed by atoms with Crippen molar-refractivity contribution >= 4 is 0 Å². The summed E-state index contributed by atoms with van der Waals surface area (Å²) >= 11 is 0. The lowest BCUT2D eigenvalue weighted by Crippen LogP contribution is -2.36. The molecule has 19 heavy (non-hydrogen) atoms. The van der Waals surface area contributed by atoms with Gasteiger partial charge in [-0.2, -0.15) is 0 Å². The van der Waals surface area contributed by atoms with E-state index in [0.29, 0.717) is 11.5 Å². The van der Waals surface area contributed by atoms with E-state index in [4.69, 9.17) is 4.74 Å². The molecule has 0 bridgehead atoms. The van der Waals surface area contributed by atoms with Gasteiger partial charge in [0.15, 0.2) is 0 Å². The summed E-state index contributed by atoms with van der Waals surface area (Å²) in [5.74, 6) is 0. The predicted octanol–water partition coefficient (Wildman–Crippen LogP) is 4.53. The van der Waals surface area contributed by atoms with Gasteiger partial charge in [-0.3, -0.25) is 0 Å². The molecule has 0 radical (unpaired) electrons. The first-order chi connectivity index (χ1) is 8.79. The molecule has 0 aromatic carbocycles. The Balaban J connectivity index is 1.92. The molecule has 0 unspecified atom stereocenters. The third-order valence-electron chi connectivity index (χ3n) is 4.12. The van der Waals surface area contributed by atoms with Crippen LogP contribution in [0.2, 0.25) is 0 Å². The Morgan fingerprint density at radius 3 is 2.26 bits per heavy atom. The molecule has 0 aromatic heterocycles. The Hall–Kier alpha value is -0.0800. The summed E-state index contributed by atoms with van der Waals surface area (Å²) in [5, 5.41) is 3.53. The summed E-state index contributed by atoms with van der Waals surface area (Å²) in [7, 11) is 0. The number of nitrogens with one attached hydrogen (secondary N) is 1. The Kier molecular flexibility index (Phi) is 6.82. The van der Waals surface area contributed by atoms with Crippen molar-refractivity contribution < 1.29 is 4.74 Å². The minimum absolute atomic E-state index is 0.255. The summed E-state index contributed by atoms with van der Waals surface area (Å²) < 4.78 is 6.00. The van der Waals surface area contributed by atoms with E-state index in [2.05, 4.69) is 39.9 Å². The third kappa shape index (κ3) is 8.65. The molecule has 1 saturated carbocycles. The Morgan fingerprint density at radius 1 is 1.05 bits per heavy atom. The minimum Gasteiger partial charge on any atom is -0.378 e. The molecular weight excluding hydrogens is 234 g/mol. The van der Waals surface area contributed by atoms with Crippen LogP contribution in [0.1, 0.15) is 79.6 Å². The van der Waals surface area contributed by atoms with Gasteiger partial charge < -0.3 is 10.1 Å². The molecule has 1 aliphatic carbocycles. The summed E-state index contributed by atoms with van der Waals surface area (Å²) in [5.41, 5.74) is 0.809. The van der Waals surface area contributed by atoms with E-state index in [1.54, 1.807) is 0 Å². The van der Waals surface area contributed by atoms with Crippen molar-refractivity contribution in [3.05, 3.63) is 0 Å². The van der Waals surface area contributed by atoms with Gasteiger partial charge in [0, 0.05) is 12.1 Å². The van der Waals surface area contributed by atoms with E-state index in [1.165, 1.54) is 44.9 Å². The van der Waals surface area contributed by atoms with E-state index >= 15 is 0 Å². The zero-order valence-electron chi connectivity index (χ0n) is 13.8. The van der Waals surface area contributed by atoms with Gasteiger partial charge in [-0.05, 0) is 77.7 Å². The van der Waals surface area contributed by atoms with Gasteiger partial charge in [-0.1, -0.05) is 13.8 Å². The smallest absolute Gasteiger partial charge is 0.0575 e. The first kappa shape index (κ1) is 17.0. The molecule has 0 aromatic rings. The van der Waals surface area contributed by atoms with Crippen LogP contribution >= 0.6 is 0 Å². The fourth-order valence-electron chi connectivity index (χ4n) is 2.66. The van der Waals surface area contributed by atoms with Crippen LogP contribution in [0.3, 0.4) is 0 Å². The number of unbranched alkanes of at least 4 members (excludes halogenated alkanes) is 2. The fraction of sp³-hybridized carbons (Fsp3) is 1.00. The van der Waals surface area contributed by atoms with Crippen molar-refractivity contribution in [3.8, 4) is 0 Å². The molecule has 1 rings (SSSR count). The van der Waals surface area contributed by atoms with Crippen LogP contribution in [0.25, 0.3) is 0 Å². The van der Waals surface area contributed by atoms with Crippen LogP contribution in [0.15, 0.2) is 0 Å². The monoisotopic (exact) mass is 269 g/mol. The lowest BCUT2D eigenvalue weighted by atomic mass is 9.76. The molecule has 0 aliphatic heterocycles. The predicted molar refractivity (Wildman–Crippen MR) is 83.6 cm³/mol. The Bertz CT molecular complexity index is 232. The van der Waals surface area contributed by atoms with Crippen LogP contribution in [0, 0.1) is 5.41 Å². The first-order valence-corrected chi connectivity index (χ1v) is 8.15. The van der Waals surface area contributed by atoms with Gasteiger partial charge in [0.2, 0.25) is 0 Å². The van der Waals surface area contributed by atoms with Crippen LogP contribution in [-0.4, -0.2) is 24.8 Å². The van der Waals surface area contributed by atoms with Crippen molar-refractivity contribution in [1.29, 1.82) is 0 Å². The molecule has 0 spiro atoms. The van der Waals surface area contributed by atoms with Crippen LogP contribution in [0.4, 0.5) is 0 Å². The minimum atomic E-state index is 0.255. The SMILES string of the molecule is CC1(C)CCC(OCCCCCNC(C)(C)C)CC1. The molecule has 0 atom stereocenters. The normalized spacial score (nSPS) is 20.7. The fourth-order valence-corrected chi connectivity index (χ4v) is 2.66. The topological polar surface area (TPSA) is 21.3 Å². The van der Waals surface area contributed by atoms with E-state index in [0.717, 1.165) is 13.2 Å². The molecule has 1 aliphatic rings. The van der Waals surface area contributed by atoms with Gasteiger partial charge in [-0.15, -0.1) is 0 Å². The summed E-state index contributed by atoms with van der Waals surface area (Å²) in [6.45, 7) is 13.5. The van der Waals surface area contributed by atoms with Gasteiger partial charge in [0.05, 0.1) is 6.10 Å². The highest BCUT2D eigenvalue weighted by Gasteiger charge is 2.26. The van der Waals surface area contributed by atoms with E-state index in [1.807, 2.05) is 0 Å². The number of hydrogen-bond acceptors (Lipinski definition) is 2. The van der Waals surface area contributed by atoms with Gasteiger partial charge in [0.1, 0.15) is 0 Å². The average Bonchev–Trinajstić information content (AvgIpc) is 2.28. The second-order valence-electron chi connectivity index (χ2n) is 7.97. The second-order valence-corrected chi connectivity index (χ2v) is 7.97. The molecule has 0 amide bonds. The van der Waals surface area contributed by atoms with Crippen LogP contribution in [-0.2, 0) is 4.74 Å². The van der Waals surface area contributed by atoms with Crippen molar-refractivity contribution in [3.63, 3.8) is 0 Å². The van der Waals surface area contributed by atoms with Gasteiger partial charge in [0.25, 0.3) is 0 Å². The van der Waals surface area contributed by atoms with E-state index < -0.39 is 0 Å². The summed E-state index contributed by atoms with van der Waals surface area (Å²) in [4.78, 5) is 0. The highest BCUT2D eigenvalue weighted by atomic mass is 16.5. The highest BCUT2D eigenvalue weighted by Crippen LogP contribution is 2.36. The number of rotatable bonds is 7. The van der Waals surface area contributed by atoms with Crippen molar-refractivity contribution in [2.24, 2.45) is 5.41 Å².